The van der Waals surface area contributed by atoms with Gasteiger partial charge < -0.3 is 14.0 Å². The Hall–Kier alpha value is -1.65. The third-order valence-electron chi connectivity index (χ3n) is 4.23. The fourth-order valence-electron chi connectivity index (χ4n) is 2.98. The number of aromatic nitrogens is 1. The molecule has 4 heteroatoms. The summed E-state index contributed by atoms with van der Waals surface area (Å²) in [6.07, 6.45) is 3.06. The molecule has 0 aliphatic carbocycles. The van der Waals surface area contributed by atoms with Gasteiger partial charge in [-0.3, -0.25) is 4.79 Å². The zero-order valence-electron chi connectivity index (χ0n) is 13.3. The van der Waals surface area contributed by atoms with Gasteiger partial charge >= 0.3 is 0 Å². The van der Waals surface area contributed by atoms with Crippen molar-refractivity contribution < 1.29 is 9.47 Å². The molecule has 2 aromatic rings. The minimum absolute atomic E-state index is 0.0109. The van der Waals surface area contributed by atoms with Gasteiger partial charge in [0.25, 0.3) is 5.56 Å². The lowest BCUT2D eigenvalue weighted by Crippen LogP contribution is -2.27. The molecular weight excluding hydrogens is 278 g/mol. The second-order valence-electron chi connectivity index (χ2n) is 5.90. The summed E-state index contributed by atoms with van der Waals surface area (Å²) < 4.78 is 12.8. The third kappa shape index (κ3) is 3.08. The Morgan fingerprint density at radius 3 is 2.73 bits per heavy atom. The average Bonchev–Trinajstić information content (AvgIpc) is 3.02. The predicted molar refractivity (Wildman–Crippen MR) is 87.2 cm³/mol. The maximum Gasteiger partial charge on any atom is 0.251 e. The first-order valence-electron chi connectivity index (χ1n) is 8.05. The summed E-state index contributed by atoms with van der Waals surface area (Å²) in [5.41, 5.74) is 3.29. The quantitative estimate of drug-likeness (QED) is 0.852. The number of rotatable bonds is 5. The Bertz CT molecular complexity index is 714. The SMILES string of the molecule is CCCCc1ccc2c(C)cc(=O)n(CC3OCCO3)c2c1. The second kappa shape index (κ2) is 6.63. The molecule has 1 aliphatic heterocycles. The monoisotopic (exact) mass is 301 g/mol. The highest BCUT2D eigenvalue weighted by atomic mass is 16.7. The van der Waals surface area contributed by atoms with Crippen molar-refractivity contribution in [3.8, 4) is 0 Å². The molecule has 0 N–H and O–H groups in total. The van der Waals surface area contributed by atoms with Crippen LogP contribution in [0.4, 0.5) is 0 Å². The van der Waals surface area contributed by atoms with Gasteiger partial charge in [0.1, 0.15) is 0 Å². The van der Waals surface area contributed by atoms with E-state index in [-0.39, 0.29) is 11.8 Å². The van der Waals surface area contributed by atoms with E-state index in [2.05, 4.69) is 25.1 Å². The van der Waals surface area contributed by atoms with E-state index in [1.165, 1.54) is 12.0 Å². The molecule has 0 bridgehead atoms. The number of pyridine rings is 1. The van der Waals surface area contributed by atoms with E-state index in [0.717, 1.165) is 29.3 Å². The number of nitrogens with zero attached hydrogens (tertiary/aromatic N) is 1. The molecule has 0 atom stereocenters. The summed E-state index contributed by atoms with van der Waals surface area (Å²) in [7, 11) is 0. The first kappa shape index (κ1) is 15.3. The van der Waals surface area contributed by atoms with Gasteiger partial charge in [-0.05, 0) is 37.0 Å². The van der Waals surface area contributed by atoms with Crippen molar-refractivity contribution in [1.82, 2.24) is 4.57 Å². The lowest BCUT2D eigenvalue weighted by Gasteiger charge is -2.16. The first-order valence-corrected chi connectivity index (χ1v) is 8.05. The van der Waals surface area contributed by atoms with E-state index >= 15 is 0 Å². The third-order valence-corrected chi connectivity index (χ3v) is 4.23. The van der Waals surface area contributed by atoms with Crippen molar-refractivity contribution in [3.63, 3.8) is 0 Å². The van der Waals surface area contributed by atoms with Gasteiger partial charge in [0.05, 0.1) is 25.3 Å². The van der Waals surface area contributed by atoms with Crippen LogP contribution < -0.4 is 5.56 Å². The molecule has 22 heavy (non-hydrogen) atoms. The molecule has 2 heterocycles. The lowest BCUT2D eigenvalue weighted by atomic mass is 10.0. The summed E-state index contributed by atoms with van der Waals surface area (Å²) in [6.45, 7) is 5.83. The van der Waals surface area contributed by atoms with Gasteiger partial charge in [-0.15, -0.1) is 0 Å². The molecule has 0 spiro atoms. The van der Waals surface area contributed by atoms with Crippen molar-refractivity contribution in [1.29, 1.82) is 0 Å². The largest absolute Gasteiger partial charge is 0.348 e. The van der Waals surface area contributed by atoms with Crippen LogP contribution in [0.1, 0.15) is 30.9 Å². The number of aryl methyl sites for hydroxylation is 2. The Morgan fingerprint density at radius 1 is 1.23 bits per heavy atom. The molecule has 118 valence electrons. The zero-order chi connectivity index (χ0) is 15.5. The van der Waals surface area contributed by atoms with E-state index in [9.17, 15) is 4.79 Å². The normalized spacial score (nSPS) is 15.7. The number of hydrogen-bond donors (Lipinski definition) is 0. The summed E-state index contributed by atoms with van der Waals surface area (Å²) in [4.78, 5) is 12.4. The van der Waals surface area contributed by atoms with Crippen LogP contribution in [-0.4, -0.2) is 24.1 Å². The van der Waals surface area contributed by atoms with Crippen LogP contribution in [0.5, 0.6) is 0 Å². The van der Waals surface area contributed by atoms with E-state index in [1.807, 2.05) is 6.92 Å². The van der Waals surface area contributed by atoms with E-state index in [4.69, 9.17) is 9.47 Å². The smallest absolute Gasteiger partial charge is 0.251 e. The van der Waals surface area contributed by atoms with E-state index in [0.29, 0.717) is 19.8 Å². The van der Waals surface area contributed by atoms with Gasteiger partial charge in [0.2, 0.25) is 0 Å². The highest BCUT2D eigenvalue weighted by Gasteiger charge is 2.18. The summed E-state index contributed by atoms with van der Waals surface area (Å²) in [5.74, 6) is 0. The highest BCUT2D eigenvalue weighted by Crippen LogP contribution is 2.20. The van der Waals surface area contributed by atoms with Crippen LogP contribution in [-0.2, 0) is 22.4 Å². The Balaban J connectivity index is 2.04. The van der Waals surface area contributed by atoms with Crippen LogP contribution in [0.25, 0.3) is 10.9 Å². The maximum atomic E-state index is 12.4. The topological polar surface area (TPSA) is 40.5 Å². The summed E-state index contributed by atoms with van der Waals surface area (Å²) in [6, 6.07) is 8.14. The molecular formula is C18H23NO3. The van der Waals surface area contributed by atoms with Crippen LogP contribution in [0, 0.1) is 6.92 Å². The maximum absolute atomic E-state index is 12.4. The van der Waals surface area contributed by atoms with Crippen LogP contribution in [0.15, 0.2) is 29.1 Å². The molecule has 1 aliphatic rings. The first-order chi connectivity index (χ1) is 10.7. The average molecular weight is 301 g/mol. The molecule has 1 aromatic carbocycles. The lowest BCUT2D eigenvalue weighted by molar-refractivity contribution is -0.0522. The van der Waals surface area contributed by atoms with Crippen molar-refractivity contribution in [2.75, 3.05) is 13.2 Å². The molecule has 0 radical (unpaired) electrons. The standard InChI is InChI=1S/C18H23NO3/c1-3-4-5-14-6-7-15-13(2)10-17(20)19(16(15)11-14)12-18-21-8-9-22-18/h6-7,10-11,18H,3-5,8-9,12H2,1-2H3. The van der Waals surface area contributed by atoms with E-state index in [1.54, 1.807) is 10.6 Å². The van der Waals surface area contributed by atoms with Gasteiger partial charge in [-0.1, -0.05) is 25.5 Å². The molecule has 0 saturated carbocycles. The fourth-order valence-corrected chi connectivity index (χ4v) is 2.98. The number of hydrogen-bond acceptors (Lipinski definition) is 3. The van der Waals surface area contributed by atoms with Crippen molar-refractivity contribution in [2.24, 2.45) is 0 Å². The van der Waals surface area contributed by atoms with Gasteiger partial charge in [0.15, 0.2) is 6.29 Å². The van der Waals surface area contributed by atoms with Crippen molar-refractivity contribution >= 4 is 10.9 Å². The Morgan fingerprint density at radius 2 is 2.00 bits per heavy atom. The minimum Gasteiger partial charge on any atom is -0.348 e. The zero-order valence-corrected chi connectivity index (χ0v) is 13.3. The van der Waals surface area contributed by atoms with Crippen LogP contribution >= 0.6 is 0 Å². The molecule has 4 nitrogen and oxygen atoms in total. The molecule has 0 amide bonds. The molecule has 1 fully saturated rings. The van der Waals surface area contributed by atoms with Gasteiger partial charge in [-0.2, -0.15) is 0 Å². The summed E-state index contributed by atoms with van der Waals surface area (Å²) in [5, 5.41) is 1.12. The minimum atomic E-state index is -0.317. The number of unbranched alkanes of at least 4 members (excludes halogenated alkanes) is 1. The number of ether oxygens (including phenoxy) is 2. The second-order valence-corrected chi connectivity index (χ2v) is 5.90. The predicted octanol–water partition coefficient (Wildman–Crippen LogP) is 3.03. The summed E-state index contributed by atoms with van der Waals surface area (Å²) >= 11 is 0. The van der Waals surface area contributed by atoms with Gasteiger partial charge in [-0.25, -0.2) is 0 Å². The molecule has 0 unspecified atom stereocenters. The number of fused-ring (bicyclic) bond motifs is 1. The van der Waals surface area contributed by atoms with Crippen molar-refractivity contribution in [3.05, 3.63) is 45.7 Å². The Kier molecular flexibility index (Phi) is 4.60. The fraction of sp³-hybridized carbons (Fsp3) is 0.500. The van der Waals surface area contributed by atoms with E-state index < -0.39 is 0 Å². The number of benzene rings is 1. The van der Waals surface area contributed by atoms with Crippen LogP contribution in [0.2, 0.25) is 0 Å². The highest BCUT2D eigenvalue weighted by molar-refractivity contribution is 5.83. The Labute approximate surface area is 130 Å². The van der Waals surface area contributed by atoms with Gasteiger partial charge in [0, 0.05) is 11.5 Å². The van der Waals surface area contributed by atoms with Crippen molar-refractivity contribution in [2.45, 2.75) is 45.9 Å². The van der Waals surface area contributed by atoms with Crippen LogP contribution in [0.3, 0.4) is 0 Å². The molecule has 3 rings (SSSR count). The molecule has 1 saturated heterocycles. The molecule has 1 aromatic heterocycles.